The Morgan fingerprint density at radius 1 is 0.711 bits per heavy atom. The van der Waals surface area contributed by atoms with E-state index in [4.69, 9.17) is 0 Å². The molecule has 1 aliphatic rings. The minimum atomic E-state index is -1.01. The third-order valence-electron chi connectivity index (χ3n) is 6.64. The molecule has 0 N–H and O–H groups in total. The Kier molecular flexibility index (Phi) is 9.53. The van der Waals surface area contributed by atoms with Crippen molar-refractivity contribution in [1.82, 2.24) is 0 Å². The summed E-state index contributed by atoms with van der Waals surface area (Å²) in [6, 6.07) is 36.7. The summed E-state index contributed by atoms with van der Waals surface area (Å²) in [5.74, 6) is 0. The van der Waals surface area contributed by atoms with Crippen LogP contribution in [-0.4, -0.2) is 11.3 Å². The van der Waals surface area contributed by atoms with Gasteiger partial charge in [0, 0.05) is 8.07 Å². The van der Waals surface area contributed by atoms with Gasteiger partial charge in [0.2, 0.25) is 0 Å². The number of allylic oxidation sites excluding steroid dienone is 4. The Hall–Kier alpha value is -2.80. The van der Waals surface area contributed by atoms with Crippen LogP contribution in [0.2, 0.25) is 19.6 Å². The molecule has 0 spiro atoms. The molecule has 2 heteroatoms. The third kappa shape index (κ3) is 7.40. The van der Waals surface area contributed by atoms with Gasteiger partial charge in [0.05, 0.1) is 0 Å². The second-order valence-electron chi connectivity index (χ2n) is 10.9. The normalized spacial score (nSPS) is 12.4. The van der Waals surface area contributed by atoms with Crippen LogP contribution in [-0.2, 0) is 24.2 Å². The molecule has 6 rings (SSSR count). The molecule has 0 aliphatic heterocycles. The van der Waals surface area contributed by atoms with Crippen LogP contribution in [0.1, 0.15) is 28.7 Å². The third-order valence-corrected chi connectivity index (χ3v) is 10.0. The van der Waals surface area contributed by atoms with Crippen molar-refractivity contribution in [2.75, 3.05) is 0 Å². The van der Waals surface area contributed by atoms with E-state index in [2.05, 4.69) is 155 Å². The fraction of sp³-hybridized carbons (Fsp3) is 0.167. The van der Waals surface area contributed by atoms with Crippen LogP contribution in [0, 0.1) is 19.9 Å². The summed E-state index contributed by atoms with van der Waals surface area (Å²) in [6.45, 7) is 11.3. The van der Waals surface area contributed by atoms with E-state index in [1.165, 1.54) is 76.4 Å². The first-order valence-corrected chi connectivity index (χ1v) is 18.0. The van der Waals surface area contributed by atoms with E-state index >= 15 is 0 Å². The Bertz CT molecular complexity index is 1480. The molecule has 0 aromatic heterocycles. The first kappa shape index (κ1) is 28.2. The van der Waals surface area contributed by atoms with Gasteiger partial charge < -0.3 is 0 Å². The quantitative estimate of drug-likeness (QED) is 0.146. The van der Waals surface area contributed by atoms with Crippen LogP contribution < -0.4 is 0 Å². The van der Waals surface area contributed by atoms with E-state index in [0.29, 0.717) is 0 Å². The molecular weight excluding hydrogens is 552 g/mol. The van der Waals surface area contributed by atoms with Gasteiger partial charge in [-0.1, -0.05) is 55.0 Å². The van der Waals surface area contributed by atoms with Crippen LogP contribution >= 0.6 is 0 Å². The van der Waals surface area contributed by atoms with Crippen LogP contribution in [0.4, 0.5) is 0 Å². The van der Waals surface area contributed by atoms with E-state index in [1.54, 1.807) is 0 Å². The van der Waals surface area contributed by atoms with E-state index in [0.717, 1.165) is 6.42 Å². The molecule has 38 heavy (non-hydrogen) atoms. The predicted octanol–water partition coefficient (Wildman–Crippen LogP) is 9.68. The van der Waals surface area contributed by atoms with Crippen LogP contribution in [0.5, 0.6) is 0 Å². The zero-order valence-corrected chi connectivity index (χ0v) is 26.6. The predicted molar refractivity (Wildman–Crippen MR) is 166 cm³/mol. The van der Waals surface area contributed by atoms with Gasteiger partial charge in [-0.3, -0.25) is 6.08 Å². The molecule has 0 saturated heterocycles. The Morgan fingerprint density at radius 3 is 1.55 bits per heavy atom. The molecule has 0 atom stereocenters. The summed E-state index contributed by atoms with van der Waals surface area (Å²) < 4.78 is 1.42. The van der Waals surface area contributed by atoms with Gasteiger partial charge in [-0.15, -0.1) is 46.2 Å². The molecular formula is C36H36SiZr. The first-order valence-electron chi connectivity index (χ1n) is 13.3. The second-order valence-corrected chi connectivity index (χ2v) is 17.1. The molecule has 188 valence electrons. The molecule has 1 aliphatic carbocycles. The monoisotopic (exact) mass is 586 g/mol. The number of hydrogen-bond donors (Lipinski definition) is 0. The SMILES string of the molecule is C[Si](C)(C)C1=[C-]CC=C1.Cc1ccc2c(c1)[cH-]c1cc(C)ccc12.[Zr+2]=[C](c1ccccc1)c1ccccc1. The zero-order chi connectivity index (χ0) is 27.1. The number of benzene rings is 4. The van der Waals surface area contributed by atoms with E-state index < -0.39 is 8.07 Å². The van der Waals surface area contributed by atoms with Crippen LogP contribution in [0.25, 0.3) is 21.5 Å². The Balaban J connectivity index is 0.000000137. The van der Waals surface area contributed by atoms with Gasteiger partial charge >= 0.3 is 99.2 Å². The van der Waals surface area contributed by atoms with E-state index in [9.17, 15) is 0 Å². The van der Waals surface area contributed by atoms with Gasteiger partial charge in [-0.05, 0) is 13.8 Å². The molecule has 0 amide bonds. The van der Waals surface area contributed by atoms with E-state index in [-0.39, 0.29) is 0 Å². The molecule has 0 nitrogen and oxygen atoms in total. The fourth-order valence-corrected chi connectivity index (χ4v) is 6.63. The zero-order valence-electron chi connectivity index (χ0n) is 23.2. The Labute approximate surface area is 244 Å². The van der Waals surface area contributed by atoms with Crippen molar-refractivity contribution < 1.29 is 24.2 Å². The van der Waals surface area contributed by atoms with Crippen molar-refractivity contribution in [1.29, 1.82) is 0 Å². The number of fused-ring (bicyclic) bond motifs is 3. The summed E-state index contributed by atoms with van der Waals surface area (Å²) >= 11 is 1.46. The fourth-order valence-electron chi connectivity index (χ4n) is 4.56. The first-order chi connectivity index (χ1) is 18.2. The molecule has 0 unspecified atom stereocenters. The summed E-state index contributed by atoms with van der Waals surface area (Å²) in [5, 5.41) is 6.94. The average molecular weight is 588 g/mol. The molecule has 5 aromatic carbocycles. The maximum atomic E-state index is 3.36. The van der Waals surface area contributed by atoms with Crippen molar-refractivity contribution in [2.24, 2.45) is 0 Å². The number of hydrogen-bond acceptors (Lipinski definition) is 0. The summed E-state index contributed by atoms with van der Waals surface area (Å²) in [7, 11) is -1.01. The molecule has 0 heterocycles. The second kappa shape index (κ2) is 12.8. The summed E-state index contributed by atoms with van der Waals surface area (Å²) in [5.41, 5.74) is 5.32. The average Bonchev–Trinajstić information content (AvgIpc) is 3.58. The molecule has 5 aromatic rings. The molecule has 0 radical (unpaired) electrons. The summed E-state index contributed by atoms with van der Waals surface area (Å²) in [4.78, 5) is 0. The standard InChI is InChI=1S/C15H13.C13H10.C8H13Si.Zr/c1-10-3-5-14-12(7-10)9-13-8-11(2)4-6-15(13)14;1-3-7-12(8-4-1)11-13-9-5-2-6-10-13;1-9(2,3)8-6-4-5-7-8;/h3-9H,1-2H3;1-10H;4,6H,5H2,1-3H3;/q-1;;-1;+2. The van der Waals surface area contributed by atoms with Crippen LogP contribution in [0.3, 0.4) is 0 Å². The van der Waals surface area contributed by atoms with E-state index in [1.807, 2.05) is 0 Å². The van der Waals surface area contributed by atoms with Gasteiger partial charge in [0.15, 0.2) is 0 Å². The topological polar surface area (TPSA) is 0 Å². The maximum absolute atomic E-state index is 3.36. The summed E-state index contributed by atoms with van der Waals surface area (Å²) in [6.07, 6.45) is 8.82. The van der Waals surface area contributed by atoms with Gasteiger partial charge in [-0.2, -0.15) is 6.08 Å². The van der Waals surface area contributed by atoms with Gasteiger partial charge in [0.25, 0.3) is 0 Å². The van der Waals surface area contributed by atoms with Crippen molar-refractivity contribution in [2.45, 2.75) is 39.9 Å². The van der Waals surface area contributed by atoms with Gasteiger partial charge in [-0.25, -0.2) is 11.3 Å². The minimum absolute atomic E-state index is 1.01. The number of rotatable bonds is 3. The van der Waals surface area contributed by atoms with Crippen molar-refractivity contribution in [3.63, 3.8) is 0 Å². The molecule has 0 bridgehead atoms. The van der Waals surface area contributed by atoms with Gasteiger partial charge in [0.1, 0.15) is 0 Å². The van der Waals surface area contributed by atoms with Crippen molar-refractivity contribution in [3.05, 3.63) is 149 Å². The molecule has 0 saturated carbocycles. The van der Waals surface area contributed by atoms with Crippen molar-refractivity contribution in [3.8, 4) is 0 Å². The van der Waals surface area contributed by atoms with Crippen molar-refractivity contribution >= 4 is 32.8 Å². The molecule has 0 fully saturated rings. The Morgan fingerprint density at radius 2 is 1.18 bits per heavy atom. The van der Waals surface area contributed by atoms with Crippen LogP contribution in [0.15, 0.2) is 120 Å². The number of aryl methyl sites for hydroxylation is 2.